The maximum absolute atomic E-state index is 11.8. The summed E-state index contributed by atoms with van der Waals surface area (Å²) in [5, 5.41) is 2.82. The summed E-state index contributed by atoms with van der Waals surface area (Å²) in [5.74, 6) is 0.557. The molecule has 22 heavy (non-hydrogen) atoms. The van der Waals surface area contributed by atoms with Gasteiger partial charge in [0.25, 0.3) is 0 Å². The number of alkyl carbamates (subject to hydrolysis) is 1. The van der Waals surface area contributed by atoms with Crippen molar-refractivity contribution < 1.29 is 23.8 Å². The topological polar surface area (TPSA) is 73.9 Å². The minimum absolute atomic E-state index is 0.0164. The molecule has 1 amide bonds. The zero-order valence-corrected chi connectivity index (χ0v) is 13.2. The molecule has 1 aromatic carbocycles. The molecular formula is C16H21NO5. The van der Waals surface area contributed by atoms with Crippen LogP contribution in [0.25, 0.3) is 0 Å². The van der Waals surface area contributed by atoms with Crippen molar-refractivity contribution in [1.29, 1.82) is 0 Å². The summed E-state index contributed by atoms with van der Waals surface area (Å²) in [6, 6.07) is 7.20. The number of hydrogen-bond acceptors (Lipinski definition) is 5. The first-order chi connectivity index (χ1) is 10.3. The largest absolute Gasteiger partial charge is 0.513 e. The molecule has 0 aromatic heterocycles. The lowest BCUT2D eigenvalue weighted by atomic mass is 10.1. The maximum atomic E-state index is 11.8. The highest BCUT2D eigenvalue weighted by molar-refractivity contribution is 5.69. The Balaban J connectivity index is 1.97. The maximum Gasteiger partial charge on any atom is 0.513 e. The summed E-state index contributed by atoms with van der Waals surface area (Å²) in [5.41, 5.74) is 0.342. The van der Waals surface area contributed by atoms with E-state index in [9.17, 15) is 9.59 Å². The Morgan fingerprint density at radius 2 is 1.91 bits per heavy atom. The number of rotatable bonds is 3. The van der Waals surface area contributed by atoms with Gasteiger partial charge in [-0.2, -0.15) is 0 Å². The molecule has 0 heterocycles. The van der Waals surface area contributed by atoms with Crippen LogP contribution < -0.4 is 10.1 Å². The van der Waals surface area contributed by atoms with E-state index in [0.29, 0.717) is 5.75 Å². The Bertz CT molecular complexity index is 564. The molecule has 0 aliphatic heterocycles. The fourth-order valence-electron chi connectivity index (χ4n) is 2.17. The molecule has 0 unspecified atom stereocenters. The monoisotopic (exact) mass is 307 g/mol. The Morgan fingerprint density at radius 3 is 2.55 bits per heavy atom. The van der Waals surface area contributed by atoms with Gasteiger partial charge in [0.15, 0.2) is 0 Å². The van der Waals surface area contributed by atoms with Crippen LogP contribution in [0.1, 0.15) is 38.7 Å². The second kappa shape index (κ2) is 6.25. The fourth-order valence-corrected chi connectivity index (χ4v) is 2.17. The number of benzene rings is 1. The van der Waals surface area contributed by atoms with Crippen LogP contribution in [0.2, 0.25) is 0 Å². The molecule has 1 aliphatic rings. The van der Waals surface area contributed by atoms with Crippen molar-refractivity contribution in [2.75, 3.05) is 7.11 Å². The fraction of sp³-hybridized carbons (Fsp3) is 0.500. The van der Waals surface area contributed by atoms with E-state index in [2.05, 4.69) is 10.1 Å². The first-order valence-corrected chi connectivity index (χ1v) is 7.14. The minimum atomic E-state index is -0.759. The van der Waals surface area contributed by atoms with Crippen molar-refractivity contribution >= 4 is 12.2 Å². The average molecular weight is 307 g/mol. The van der Waals surface area contributed by atoms with Gasteiger partial charge in [-0.25, -0.2) is 9.59 Å². The molecule has 0 radical (unpaired) electrons. The second-order valence-corrected chi connectivity index (χ2v) is 6.19. The van der Waals surface area contributed by atoms with Gasteiger partial charge in [0.2, 0.25) is 0 Å². The third-order valence-electron chi connectivity index (χ3n) is 3.17. The van der Waals surface area contributed by atoms with Crippen LogP contribution in [0.3, 0.4) is 0 Å². The Hall–Kier alpha value is -2.24. The van der Waals surface area contributed by atoms with Gasteiger partial charge in [-0.15, -0.1) is 0 Å². The molecule has 1 aromatic rings. The van der Waals surface area contributed by atoms with Gasteiger partial charge in [0.05, 0.1) is 7.11 Å². The highest BCUT2D eigenvalue weighted by Gasteiger charge is 2.42. The molecule has 0 spiro atoms. The lowest BCUT2D eigenvalue weighted by molar-refractivity contribution is 0.0522. The predicted octanol–water partition coefficient (Wildman–Crippen LogP) is 3.21. The smallest absolute Gasteiger partial charge is 0.444 e. The number of ether oxygens (including phenoxy) is 3. The van der Waals surface area contributed by atoms with Gasteiger partial charge in [-0.1, -0.05) is 18.2 Å². The summed E-state index contributed by atoms with van der Waals surface area (Å²) in [6.07, 6.45) is -0.419. The Kier molecular flexibility index (Phi) is 4.59. The molecule has 1 fully saturated rings. The third-order valence-corrected chi connectivity index (χ3v) is 3.17. The molecule has 6 heteroatoms. The molecule has 6 nitrogen and oxygen atoms in total. The summed E-state index contributed by atoms with van der Waals surface area (Å²) in [6.45, 7) is 5.45. The second-order valence-electron chi connectivity index (χ2n) is 6.19. The van der Waals surface area contributed by atoms with Gasteiger partial charge >= 0.3 is 12.2 Å². The van der Waals surface area contributed by atoms with Crippen molar-refractivity contribution in [3.8, 4) is 5.75 Å². The minimum Gasteiger partial charge on any atom is -0.444 e. The quantitative estimate of drug-likeness (QED) is 0.685. The zero-order chi connectivity index (χ0) is 16.3. The van der Waals surface area contributed by atoms with E-state index in [-0.39, 0.29) is 12.0 Å². The molecule has 1 saturated carbocycles. The van der Waals surface area contributed by atoms with Crippen molar-refractivity contribution in [2.45, 2.75) is 44.8 Å². The number of para-hydroxylation sites is 1. The van der Waals surface area contributed by atoms with E-state index in [0.717, 1.165) is 12.0 Å². The first-order valence-electron chi connectivity index (χ1n) is 7.14. The average Bonchev–Trinajstić information content (AvgIpc) is 3.15. The molecule has 120 valence electrons. The van der Waals surface area contributed by atoms with Crippen LogP contribution in [0.5, 0.6) is 5.75 Å². The Morgan fingerprint density at radius 1 is 1.23 bits per heavy atom. The predicted molar refractivity (Wildman–Crippen MR) is 80.0 cm³/mol. The molecule has 2 rings (SSSR count). The van der Waals surface area contributed by atoms with Crippen molar-refractivity contribution in [1.82, 2.24) is 5.32 Å². The first kappa shape index (κ1) is 16.1. The van der Waals surface area contributed by atoms with E-state index in [1.807, 2.05) is 32.9 Å². The summed E-state index contributed by atoms with van der Waals surface area (Å²) in [7, 11) is 1.26. The number of hydrogen-bond donors (Lipinski definition) is 1. The van der Waals surface area contributed by atoms with Gasteiger partial charge in [0, 0.05) is 17.5 Å². The molecule has 2 atom stereocenters. The van der Waals surface area contributed by atoms with E-state index >= 15 is 0 Å². The third kappa shape index (κ3) is 4.38. The molecular weight excluding hydrogens is 286 g/mol. The lowest BCUT2D eigenvalue weighted by Crippen LogP contribution is -2.34. The standard InChI is InChI=1S/C16H21NO5/c1-16(2,3)22-14(18)17-12-9-11(12)10-7-5-6-8-13(10)21-15(19)20-4/h5-8,11-12H,9H2,1-4H3,(H,17,18)/t11-,12+/m0/s1. The van der Waals surface area contributed by atoms with Crippen LogP contribution in [0, 0.1) is 0 Å². The number of amides is 1. The number of carbonyl (C=O) groups excluding carboxylic acids is 2. The summed E-state index contributed by atoms with van der Waals surface area (Å²) >= 11 is 0. The Labute approximate surface area is 129 Å². The molecule has 0 bridgehead atoms. The van der Waals surface area contributed by atoms with Crippen molar-refractivity contribution in [3.05, 3.63) is 29.8 Å². The summed E-state index contributed by atoms with van der Waals surface area (Å²) < 4.78 is 14.9. The van der Waals surface area contributed by atoms with Crippen LogP contribution in [0.4, 0.5) is 9.59 Å². The van der Waals surface area contributed by atoms with Crippen molar-refractivity contribution in [3.63, 3.8) is 0 Å². The number of carbonyl (C=O) groups is 2. The highest BCUT2D eigenvalue weighted by atomic mass is 16.7. The van der Waals surface area contributed by atoms with E-state index in [1.54, 1.807) is 12.1 Å². The van der Waals surface area contributed by atoms with Gasteiger partial charge in [-0.3, -0.25) is 0 Å². The van der Waals surface area contributed by atoms with Crippen LogP contribution in [-0.2, 0) is 9.47 Å². The van der Waals surface area contributed by atoms with E-state index in [1.165, 1.54) is 7.11 Å². The summed E-state index contributed by atoms with van der Waals surface area (Å²) in [4.78, 5) is 23.0. The normalized spacial score (nSPS) is 20.0. The SMILES string of the molecule is COC(=O)Oc1ccccc1[C@@H]1C[C@H]1NC(=O)OC(C)(C)C. The highest BCUT2D eigenvalue weighted by Crippen LogP contribution is 2.44. The van der Waals surface area contributed by atoms with Crippen LogP contribution in [0.15, 0.2) is 24.3 Å². The van der Waals surface area contributed by atoms with Crippen molar-refractivity contribution in [2.24, 2.45) is 0 Å². The molecule has 1 N–H and O–H groups in total. The van der Waals surface area contributed by atoms with Gasteiger partial charge in [0.1, 0.15) is 11.4 Å². The number of nitrogens with one attached hydrogen (secondary N) is 1. The van der Waals surface area contributed by atoms with E-state index in [4.69, 9.17) is 9.47 Å². The van der Waals surface area contributed by atoms with E-state index < -0.39 is 17.8 Å². The van der Waals surface area contributed by atoms with Gasteiger partial charge < -0.3 is 19.5 Å². The van der Waals surface area contributed by atoms with Crippen LogP contribution in [-0.4, -0.2) is 31.0 Å². The molecule has 0 saturated heterocycles. The zero-order valence-electron chi connectivity index (χ0n) is 13.2. The number of methoxy groups -OCH3 is 1. The molecule has 1 aliphatic carbocycles. The van der Waals surface area contributed by atoms with Gasteiger partial charge in [-0.05, 0) is 33.3 Å². The lowest BCUT2D eigenvalue weighted by Gasteiger charge is -2.19. The van der Waals surface area contributed by atoms with Crippen LogP contribution >= 0.6 is 0 Å².